The minimum atomic E-state index is 0.607. The van der Waals surface area contributed by atoms with Gasteiger partial charge < -0.3 is 4.90 Å². The molecule has 0 bridgehead atoms. The summed E-state index contributed by atoms with van der Waals surface area (Å²) in [6, 6.07) is 14.1. The number of benzene rings is 1. The zero-order valence-electron chi connectivity index (χ0n) is 13.7. The van der Waals surface area contributed by atoms with Crippen LogP contribution in [0.4, 0.5) is 5.69 Å². The van der Waals surface area contributed by atoms with E-state index in [4.69, 9.17) is 0 Å². The van der Waals surface area contributed by atoms with Crippen molar-refractivity contribution in [3.63, 3.8) is 0 Å². The highest BCUT2D eigenvalue weighted by Crippen LogP contribution is 2.33. The molecular weight excluding hydrogens is 288 g/mol. The van der Waals surface area contributed by atoms with Gasteiger partial charge in [-0.25, -0.2) is 0 Å². The molecule has 1 fully saturated rings. The monoisotopic (exact) mass is 314 g/mol. The minimum absolute atomic E-state index is 0.607. The van der Waals surface area contributed by atoms with Crippen molar-refractivity contribution >= 4 is 17.0 Å². The van der Waals surface area contributed by atoms with Crippen LogP contribution in [0, 0.1) is 0 Å². The fraction of sp³-hybridized carbons (Fsp3) is 0.474. The molecule has 2 aromatic rings. The second kappa shape index (κ2) is 7.30. The molecule has 0 aliphatic carbocycles. The second-order valence-corrected chi connectivity index (χ2v) is 7.39. The van der Waals surface area contributed by atoms with Crippen LogP contribution in [0.2, 0.25) is 0 Å². The van der Waals surface area contributed by atoms with Crippen LogP contribution in [0.3, 0.4) is 0 Å². The highest BCUT2D eigenvalue weighted by molar-refractivity contribution is 7.10. The van der Waals surface area contributed by atoms with Crippen LogP contribution in [-0.2, 0) is 6.54 Å². The Morgan fingerprint density at radius 1 is 1.09 bits per heavy atom. The SMILES string of the molecule is CN(C)c1ccc(CN2CCCCCC2c2cccs2)cc1. The highest BCUT2D eigenvalue weighted by Gasteiger charge is 2.23. The molecule has 3 rings (SSSR count). The molecule has 2 heterocycles. The molecule has 1 aliphatic heterocycles. The molecule has 1 aromatic heterocycles. The molecule has 1 atom stereocenters. The maximum Gasteiger partial charge on any atom is 0.0445 e. The molecule has 0 amide bonds. The predicted molar refractivity (Wildman–Crippen MR) is 96.7 cm³/mol. The fourth-order valence-corrected chi connectivity index (χ4v) is 4.19. The number of likely N-dealkylation sites (tertiary alicyclic amines) is 1. The Bertz CT molecular complexity index is 560. The third-order valence-corrected chi connectivity index (χ3v) is 5.55. The standard InChI is InChI=1S/C19H26N2S/c1-20(2)17-11-9-16(10-12-17)15-21-13-5-3-4-7-18(21)19-8-6-14-22-19/h6,8-12,14,18H,3-5,7,13,15H2,1-2H3. The van der Waals surface area contributed by atoms with Crippen molar-refractivity contribution in [3.05, 3.63) is 52.2 Å². The first-order chi connectivity index (χ1) is 10.7. The zero-order valence-corrected chi connectivity index (χ0v) is 14.5. The van der Waals surface area contributed by atoms with Gasteiger partial charge in [0.25, 0.3) is 0 Å². The van der Waals surface area contributed by atoms with Gasteiger partial charge in [-0.15, -0.1) is 11.3 Å². The average molecular weight is 314 g/mol. The van der Waals surface area contributed by atoms with Gasteiger partial charge in [-0.3, -0.25) is 4.90 Å². The predicted octanol–water partition coefficient (Wildman–Crippen LogP) is 4.93. The highest BCUT2D eigenvalue weighted by atomic mass is 32.1. The normalized spacial score (nSPS) is 19.8. The van der Waals surface area contributed by atoms with Gasteiger partial charge in [0.05, 0.1) is 0 Å². The van der Waals surface area contributed by atoms with Gasteiger partial charge in [-0.2, -0.15) is 0 Å². The van der Waals surface area contributed by atoms with Crippen LogP contribution in [0.5, 0.6) is 0 Å². The molecule has 0 radical (unpaired) electrons. The van der Waals surface area contributed by atoms with Crippen molar-refractivity contribution in [3.8, 4) is 0 Å². The first kappa shape index (κ1) is 15.6. The molecule has 2 nitrogen and oxygen atoms in total. The van der Waals surface area contributed by atoms with E-state index in [9.17, 15) is 0 Å². The van der Waals surface area contributed by atoms with Crippen molar-refractivity contribution in [2.75, 3.05) is 25.5 Å². The number of anilines is 1. The van der Waals surface area contributed by atoms with Gasteiger partial charge in [0.2, 0.25) is 0 Å². The first-order valence-corrected chi connectivity index (χ1v) is 9.16. The third kappa shape index (κ3) is 3.71. The topological polar surface area (TPSA) is 6.48 Å². The smallest absolute Gasteiger partial charge is 0.0445 e. The summed E-state index contributed by atoms with van der Waals surface area (Å²) < 4.78 is 0. The van der Waals surface area contributed by atoms with Gasteiger partial charge in [0.15, 0.2) is 0 Å². The van der Waals surface area contributed by atoms with Crippen LogP contribution >= 0.6 is 11.3 Å². The van der Waals surface area contributed by atoms with Crippen molar-refractivity contribution in [1.82, 2.24) is 4.90 Å². The molecule has 118 valence electrons. The van der Waals surface area contributed by atoms with Gasteiger partial charge in [-0.1, -0.05) is 31.0 Å². The van der Waals surface area contributed by atoms with E-state index in [1.54, 1.807) is 0 Å². The van der Waals surface area contributed by atoms with Crippen molar-refractivity contribution in [2.24, 2.45) is 0 Å². The molecule has 22 heavy (non-hydrogen) atoms. The number of thiophene rings is 1. The van der Waals surface area contributed by atoms with E-state index >= 15 is 0 Å². The lowest BCUT2D eigenvalue weighted by Crippen LogP contribution is -2.27. The largest absolute Gasteiger partial charge is 0.378 e. The van der Waals surface area contributed by atoms with Crippen molar-refractivity contribution < 1.29 is 0 Å². The lowest BCUT2D eigenvalue weighted by Gasteiger charge is -2.29. The molecule has 1 aromatic carbocycles. The lowest BCUT2D eigenvalue weighted by molar-refractivity contribution is 0.195. The molecule has 0 saturated carbocycles. The van der Waals surface area contributed by atoms with Crippen LogP contribution in [0.25, 0.3) is 0 Å². The van der Waals surface area contributed by atoms with Crippen LogP contribution in [0.1, 0.15) is 42.2 Å². The summed E-state index contributed by atoms with van der Waals surface area (Å²) in [5.74, 6) is 0. The van der Waals surface area contributed by atoms with E-state index < -0.39 is 0 Å². The van der Waals surface area contributed by atoms with Crippen LogP contribution in [-0.4, -0.2) is 25.5 Å². The van der Waals surface area contributed by atoms with Crippen LogP contribution < -0.4 is 4.90 Å². The van der Waals surface area contributed by atoms with Crippen molar-refractivity contribution in [1.29, 1.82) is 0 Å². The summed E-state index contributed by atoms with van der Waals surface area (Å²) in [4.78, 5) is 6.38. The Morgan fingerprint density at radius 3 is 2.59 bits per heavy atom. The fourth-order valence-electron chi connectivity index (χ4n) is 3.29. The first-order valence-electron chi connectivity index (χ1n) is 8.28. The number of hydrogen-bond donors (Lipinski definition) is 0. The summed E-state index contributed by atoms with van der Waals surface area (Å²) in [5.41, 5.74) is 2.70. The van der Waals surface area contributed by atoms with E-state index in [0.717, 1.165) is 6.54 Å². The second-order valence-electron chi connectivity index (χ2n) is 6.41. The van der Waals surface area contributed by atoms with Crippen LogP contribution in [0.15, 0.2) is 41.8 Å². The average Bonchev–Trinajstić information content (AvgIpc) is 2.95. The number of hydrogen-bond acceptors (Lipinski definition) is 3. The third-order valence-electron chi connectivity index (χ3n) is 4.57. The maximum absolute atomic E-state index is 2.68. The molecule has 0 N–H and O–H groups in total. The molecule has 1 unspecified atom stereocenters. The Morgan fingerprint density at radius 2 is 1.91 bits per heavy atom. The molecule has 0 spiro atoms. The Balaban J connectivity index is 1.75. The summed E-state index contributed by atoms with van der Waals surface area (Å²) in [6.07, 6.45) is 5.37. The van der Waals surface area contributed by atoms with Crippen molar-refractivity contribution in [2.45, 2.75) is 38.3 Å². The van der Waals surface area contributed by atoms with E-state index in [1.807, 2.05) is 11.3 Å². The Kier molecular flexibility index (Phi) is 5.16. The van der Waals surface area contributed by atoms with Gasteiger partial charge in [0, 0.05) is 37.2 Å². The number of rotatable bonds is 4. The van der Waals surface area contributed by atoms with E-state index in [2.05, 4.69) is 65.7 Å². The zero-order chi connectivity index (χ0) is 15.4. The van der Waals surface area contributed by atoms with E-state index in [1.165, 1.54) is 48.4 Å². The van der Waals surface area contributed by atoms with Gasteiger partial charge in [-0.05, 0) is 48.5 Å². The summed E-state index contributed by atoms with van der Waals surface area (Å²) in [5, 5.41) is 2.21. The van der Waals surface area contributed by atoms with E-state index in [-0.39, 0.29) is 0 Å². The molecule has 3 heteroatoms. The summed E-state index contributed by atoms with van der Waals surface area (Å²) in [6.45, 7) is 2.29. The molecule has 1 aliphatic rings. The number of nitrogens with zero attached hydrogens (tertiary/aromatic N) is 2. The maximum atomic E-state index is 2.68. The Hall–Kier alpha value is -1.32. The Labute approximate surface area is 138 Å². The molecular formula is C19H26N2S. The van der Waals surface area contributed by atoms with E-state index in [0.29, 0.717) is 6.04 Å². The van der Waals surface area contributed by atoms with Gasteiger partial charge in [0.1, 0.15) is 0 Å². The summed E-state index contributed by atoms with van der Waals surface area (Å²) >= 11 is 1.91. The quantitative estimate of drug-likeness (QED) is 0.789. The van der Waals surface area contributed by atoms with Gasteiger partial charge >= 0.3 is 0 Å². The summed E-state index contributed by atoms with van der Waals surface area (Å²) in [7, 11) is 4.19. The molecule has 1 saturated heterocycles. The minimum Gasteiger partial charge on any atom is -0.378 e. The lowest BCUT2D eigenvalue weighted by atomic mass is 10.1.